The van der Waals surface area contributed by atoms with Crippen molar-refractivity contribution in [3.63, 3.8) is 0 Å². The second kappa shape index (κ2) is 8.54. The molecule has 4 nitrogen and oxygen atoms in total. The van der Waals surface area contributed by atoms with Gasteiger partial charge in [-0.1, -0.05) is 12.1 Å². The molecule has 2 N–H and O–H groups in total. The van der Waals surface area contributed by atoms with Crippen molar-refractivity contribution in [2.75, 3.05) is 5.32 Å². The highest BCUT2D eigenvalue weighted by Gasteiger charge is 2.34. The summed E-state index contributed by atoms with van der Waals surface area (Å²) in [6, 6.07) is 9.34. The lowest BCUT2D eigenvalue weighted by Crippen LogP contribution is -2.13. The number of alkyl halides is 3. The van der Waals surface area contributed by atoms with Gasteiger partial charge < -0.3 is 10.3 Å². The Balaban J connectivity index is 1.42. The van der Waals surface area contributed by atoms with Crippen LogP contribution < -0.4 is 5.32 Å². The number of hydrogen-bond acceptors (Lipinski definition) is 4. The number of rotatable bonds is 4. The van der Waals surface area contributed by atoms with Crippen LogP contribution >= 0.6 is 11.3 Å². The molecule has 0 amide bonds. The summed E-state index contributed by atoms with van der Waals surface area (Å²) >= 11 is 1.47. The Morgan fingerprint density at radius 2 is 1.94 bits per heavy atom. The van der Waals surface area contributed by atoms with Gasteiger partial charge in [0.25, 0.3) is 0 Å². The molecule has 0 bridgehead atoms. The number of aryl methyl sites for hydroxylation is 3. The molecule has 2 aromatic heterocycles. The van der Waals surface area contributed by atoms with Gasteiger partial charge in [0, 0.05) is 28.4 Å². The van der Waals surface area contributed by atoms with Crippen molar-refractivity contribution in [2.45, 2.75) is 45.2 Å². The Labute approximate surface area is 198 Å². The number of thiazole rings is 1. The predicted octanol–water partition coefficient (Wildman–Crippen LogP) is 7.52. The van der Waals surface area contributed by atoms with E-state index in [1.165, 1.54) is 36.5 Å². The molecule has 1 atom stereocenters. The Morgan fingerprint density at radius 3 is 2.65 bits per heavy atom. The number of nitrogens with one attached hydrogen (secondary N) is 2. The number of anilines is 2. The van der Waals surface area contributed by atoms with Crippen LogP contribution in [0.4, 0.5) is 28.4 Å². The van der Waals surface area contributed by atoms with Crippen molar-refractivity contribution >= 4 is 22.2 Å². The molecule has 1 unspecified atom stereocenters. The number of hydrogen-bond donors (Lipinski definition) is 2. The maximum Gasteiger partial charge on any atom is 0.416 e. The highest BCUT2D eigenvalue weighted by Crippen LogP contribution is 2.43. The molecule has 2 aromatic carbocycles. The van der Waals surface area contributed by atoms with E-state index in [0.29, 0.717) is 27.8 Å². The second-order valence-corrected chi connectivity index (χ2v) is 9.66. The summed E-state index contributed by atoms with van der Waals surface area (Å²) in [6.07, 6.45) is -0.308. The largest absolute Gasteiger partial charge is 0.416 e. The van der Waals surface area contributed by atoms with Crippen LogP contribution in [-0.2, 0) is 12.6 Å². The zero-order valence-electron chi connectivity index (χ0n) is 18.6. The SMILES string of the molecule is Cc1cnc(-c2ccc(Nc3nc4c(s3)CCCC4c3ccc(C)c(C(F)(F)F)c3)cc2F)[nH]1. The van der Waals surface area contributed by atoms with E-state index in [1.807, 2.05) is 6.92 Å². The number of fused-ring (bicyclic) bond motifs is 1. The maximum absolute atomic E-state index is 14.7. The van der Waals surface area contributed by atoms with E-state index < -0.39 is 17.6 Å². The van der Waals surface area contributed by atoms with Crippen molar-refractivity contribution in [2.24, 2.45) is 0 Å². The van der Waals surface area contributed by atoms with Crippen LogP contribution in [0.1, 0.15) is 51.7 Å². The molecule has 176 valence electrons. The van der Waals surface area contributed by atoms with Crippen LogP contribution in [0.5, 0.6) is 0 Å². The fourth-order valence-corrected chi connectivity index (χ4v) is 5.50. The number of nitrogens with zero attached hydrogens (tertiary/aromatic N) is 2. The summed E-state index contributed by atoms with van der Waals surface area (Å²) in [5.41, 5.74) is 2.80. The fourth-order valence-electron chi connectivity index (χ4n) is 4.42. The minimum atomic E-state index is -4.39. The average Bonchev–Trinajstić information content (AvgIpc) is 3.39. The van der Waals surface area contributed by atoms with Gasteiger partial charge in [-0.3, -0.25) is 0 Å². The predicted molar refractivity (Wildman–Crippen MR) is 125 cm³/mol. The van der Waals surface area contributed by atoms with Gasteiger partial charge in [0.1, 0.15) is 11.6 Å². The maximum atomic E-state index is 14.7. The first-order valence-electron chi connectivity index (χ1n) is 10.9. The third-order valence-electron chi connectivity index (χ3n) is 6.10. The number of benzene rings is 2. The van der Waals surface area contributed by atoms with E-state index >= 15 is 0 Å². The van der Waals surface area contributed by atoms with Crippen LogP contribution in [-0.4, -0.2) is 15.0 Å². The molecular weight excluding hydrogens is 464 g/mol. The summed E-state index contributed by atoms with van der Waals surface area (Å²) in [5, 5.41) is 3.76. The molecule has 5 rings (SSSR count). The van der Waals surface area contributed by atoms with Gasteiger partial charge in [-0.05, 0) is 68.5 Å². The number of aromatic amines is 1. The van der Waals surface area contributed by atoms with E-state index in [2.05, 4.69) is 15.3 Å². The molecule has 0 saturated carbocycles. The Hall–Kier alpha value is -3.20. The molecule has 1 aliphatic rings. The quantitative estimate of drug-likeness (QED) is 0.293. The lowest BCUT2D eigenvalue weighted by molar-refractivity contribution is -0.138. The molecule has 0 fully saturated rings. The number of aromatic nitrogens is 3. The number of halogens is 4. The normalized spacial score (nSPS) is 15.9. The molecule has 1 aliphatic carbocycles. The van der Waals surface area contributed by atoms with Gasteiger partial charge in [-0.25, -0.2) is 14.4 Å². The lowest BCUT2D eigenvalue weighted by Gasteiger charge is -2.23. The van der Waals surface area contributed by atoms with E-state index in [0.717, 1.165) is 35.5 Å². The van der Waals surface area contributed by atoms with E-state index in [9.17, 15) is 17.6 Å². The molecule has 0 saturated heterocycles. The highest BCUT2D eigenvalue weighted by atomic mass is 32.1. The van der Waals surface area contributed by atoms with Crippen molar-refractivity contribution in [3.8, 4) is 11.4 Å². The zero-order chi connectivity index (χ0) is 24.0. The van der Waals surface area contributed by atoms with Crippen molar-refractivity contribution in [1.29, 1.82) is 0 Å². The van der Waals surface area contributed by atoms with Crippen LogP contribution in [0, 0.1) is 19.7 Å². The molecule has 4 aromatic rings. The minimum absolute atomic E-state index is 0.196. The van der Waals surface area contributed by atoms with Gasteiger partial charge in [0.05, 0.1) is 16.8 Å². The van der Waals surface area contributed by atoms with E-state index in [-0.39, 0.29) is 11.5 Å². The highest BCUT2D eigenvalue weighted by molar-refractivity contribution is 7.15. The Morgan fingerprint density at radius 1 is 1.12 bits per heavy atom. The van der Waals surface area contributed by atoms with Crippen LogP contribution in [0.3, 0.4) is 0 Å². The Bertz CT molecular complexity index is 1360. The summed E-state index contributed by atoms with van der Waals surface area (Å²) in [7, 11) is 0. The van der Waals surface area contributed by atoms with Crippen molar-refractivity contribution in [3.05, 3.63) is 81.4 Å². The van der Waals surface area contributed by atoms with E-state index in [4.69, 9.17) is 4.98 Å². The number of imidazole rings is 1. The van der Waals surface area contributed by atoms with E-state index in [1.54, 1.807) is 24.4 Å². The minimum Gasteiger partial charge on any atom is -0.342 e. The molecule has 0 radical (unpaired) electrons. The van der Waals surface area contributed by atoms with Gasteiger partial charge in [-0.15, -0.1) is 11.3 Å². The Kier molecular flexibility index (Phi) is 5.67. The molecule has 0 spiro atoms. The third kappa shape index (κ3) is 4.32. The van der Waals surface area contributed by atoms with Crippen molar-refractivity contribution in [1.82, 2.24) is 15.0 Å². The van der Waals surface area contributed by atoms with Gasteiger partial charge in [0.15, 0.2) is 5.13 Å². The molecule has 0 aliphatic heterocycles. The van der Waals surface area contributed by atoms with Gasteiger partial charge in [-0.2, -0.15) is 13.2 Å². The topological polar surface area (TPSA) is 53.6 Å². The fraction of sp³-hybridized carbons (Fsp3) is 0.280. The lowest BCUT2D eigenvalue weighted by atomic mass is 9.84. The first-order valence-corrected chi connectivity index (χ1v) is 11.8. The average molecular weight is 487 g/mol. The molecule has 9 heteroatoms. The summed E-state index contributed by atoms with van der Waals surface area (Å²) in [5.74, 6) is -0.151. The molecule has 34 heavy (non-hydrogen) atoms. The van der Waals surface area contributed by atoms with Gasteiger partial charge >= 0.3 is 6.18 Å². The second-order valence-electron chi connectivity index (χ2n) is 8.58. The summed E-state index contributed by atoms with van der Waals surface area (Å²) in [4.78, 5) is 13.0. The monoisotopic (exact) mass is 486 g/mol. The standard InChI is InChI=1S/C25H22F4N4S/c1-13-6-7-15(10-19(13)25(27,28)29)17-4-3-5-21-22(17)33-24(34-21)32-16-8-9-18(20(26)11-16)23-30-12-14(2)31-23/h6-12,17H,3-5H2,1-2H3,(H,30,31)(H,32,33). The van der Waals surface area contributed by atoms with Crippen LogP contribution in [0.25, 0.3) is 11.4 Å². The third-order valence-corrected chi connectivity index (χ3v) is 7.15. The molecular formula is C25H22F4N4S. The first kappa shape index (κ1) is 22.6. The van der Waals surface area contributed by atoms with Crippen LogP contribution in [0.15, 0.2) is 42.6 Å². The van der Waals surface area contributed by atoms with Crippen LogP contribution in [0.2, 0.25) is 0 Å². The summed E-state index contributed by atoms with van der Waals surface area (Å²) in [6.45, 7) is 3.32. The summed E-state index contributed by atoms with van der Waals surface area (Å²) < 4.78 is 55.1. The molecule has 2 heterocycles. The smallest absolute Gasteiger partial charge is 0.342 e. The first-order chi connectivity index (χ1) is 16.2. The zero-order valence-corrected chi connectivity index (χ0v) is 19.4. The van der Waals surface area contributed by atoms with Crippen molar-refractivity contribution < 1.29 is 17.6 Å². The number of H-pyrrole nitrogens is 1. The van der Waals surface area contributed by atoms with Gasteiger partial charge in [0.2, 0.25) is 0 Å².